The lowest BCUT2D eigenvalue weighted by Gasteiger charge is -2.04. The molecule has 0 spiro atoms. The van der Waals surface area contributed by atoms with Crippen LogP contribution in [0, 0.1) is 11.3 Å². The van der Waals surface area contributed by atoms with Crippen molar-refractivity contribution in [2.45, 2.75) is 13.3 Å². The molecule has 116 valence electrons. The highest BCUT2D eigenvalue weighted by molar-refractivity contribution is 6.01. The quantitative estimate of drug-likeness (QED) is 0.433. The van der Waals surface area contributed by atoms with Crippen LogP contribution in [0.1, 0.15) is 29.3 Å². The fourth-order valence-corrected chi connectivity index (χ4v) is 1.65. The lowest BCUT2D eigenvalue weighted by atomic mass is 10.1. The van der Waals surface area contributed by atoms with Gasteiger partial charge in [0, 0.05) is 19.8 Å². The molecule has 0 bridgehead atoms. The Hall–Kier alpha value is -2.65. The van der Waals surface area contributed by atoms with Gasteiger partial charge in [-0.2, -0.15) is 5.26 Å². The van der Waals surface area contributed by atoms with E-state index in [0.29, 0.717) is 31.7 Å². The van der Waals surface area contributed by atoms with Crippen molar-refractivity contribution in [2.24, 2.45) is 0 Å². The van der Waals surface area contributed by atoms with Crippen LogP contribution in [0.15, 0.2) is 29.8 Å². The summed E-state index contributed by atoms with van der Waals surface area (Å²) >= 11 is 0. The van der Waals surface area contributed by atoms with Crippen LogP contribution >= 0.6 is 0 Å². The van der Waals surface area contributed by atoms with Crippen molar-refractivity contribution in [3.05, 3.63) is 41.0 Å². The first-order chi connectivity index (χ1) is 10.6. The molecule has 1 aromatic carbocycles. The second-order valence-corrected chi connectivity index (χ2v) is 4.40. The molecule has 1 amide bonds. The summed E-state index contributed by atoms with van der Waals surface area (Å²) in [5.74, 6) is -1.48. The molecule has 0 saturated carbocycles. The fourth-order valence-electron chi connectivity index (χ4n) is 1.65. The number of nitriles is 1. The predicted molar refractivity (Wildman–Crippen MR) is 81.1 cm³/mol. The summed E-state index contributed by atoms with van der Waals surface area (Å²) in [5, 5.41) is 20.5. The van der Waals surface area contributed by atoms with Crippen molar-refractivity contribution in [1.29, 1.82) is 5.26 Å². The highest BCUT2D eigenvalue weighted by Gasteiger charge is 2.08. The standard InChI is InChI=1S/C16H18N2O4/c1-2-22-9-3-8-18-15(19)14(11-17)10-12-4-6-13(7-5-12)16(20)21/h4-7,10H,2-3,8-9H2,1H3,(H,18,19)(H,20,21)/b14-10+. The molecule has 0 heterocycles. The number of carboxylic acid groups (broad SMARTS) is 1. The minimum atomic E-state index is -1.02. The van der Waals surface area contributed by atoms with E-state index in [1.165, 1.54) is 18.2 Å². The normalized spacial score (nSPS) is 10.8. The Morgan fingerprint density at radius 3 is 2.59 bits per heavy atom. The molecule has 0 radical (unpaired) electrons. The first-order valence-electron chi connectivity index (χ1n) is 6.89. The van der Waals surface area contributed by atoms with Gasteiger partial charge in [-0.15, -0.1) is 0 Å². The molecule has 1 aromatic rings. The molecule has 0 aromatic heterocycles. The van der Waals surface area contributed by atoms with Gasteiger partial charge in [-0.05, 0) is 37.1 Å². The minimum absolute atomic E-state index is 0.0283. The van der Waals surface area contributed by atoms with Gasteiger partial charge in [0.1, 0.15) is 11.6 Å². The van der Waals surface area contributed by atoms with Crippen LogP contribution in [0.2, 0.25) is 0 Å². The van der Waals surface area contributed by atoms with E-state index in [9.17, 15) is 9.59 Å². The largest absolute Gasteiger partial charge is 0.478 e. The van der Waals surface area contributed by atoms with Crippen molar-refractivity contribution >= 4 is 18.0 Å². The second kappa shape index (κ2) is 9.32. The van der Waals surface area contributed by atoms with Gasteiger partial charge in [0.15, 0.2) is 0 Å². The number of hydrogen-bond acceptors (Lipinski definition) is 4. The maximum Gasteiger partial charge on any atom is 0.335 e. The number of nitrogens with zero attached hydrogens (tertiary/aromatic N) is 1. The van der Waals surface area contributed by atoms with E-state index in [1.54, 1.807) is 12.1 Å². The van der Waals surface area contributed by atoms with E-state index >= 15 is 0 Å². The number of carbonyl (C=O) groups excluding carboxylic acids is 1. The van der Waals surface area contributed by atoms with Crippen LogP contribution in [0.3, 0.4) is 0 Å². The van der Waals surface area contributed by atoms with Crippen molar-refractivity contribution < 1.29 is 19.4 Å². The van der Waals surface area contributed by atoms with Gasteiger partial charge >= 0.3 is 5.97 Å². The number of nitrogens with one attached hydrogen (secondary N) is 1. The molecule has 0 unspecified atom stereocenters. The summed E-state index contributed by atoms with van der Waals surface area (Å²) < 4.78 is 5.15. The number of ether oxygens (including phenoxy) is 1. The molecule has 0 atom stereocenters. The Morgan fingerprint density at radius 1 is 1.36 bits per heavy atom. The van der Waals surface area contributed by atoms with Crippen LogP contribution in [-0.2, 0) is 9.53 Å². The highest BCUT2D eigenvalue weighted by atomic mass is 16.5. The maximum absolute atomic E-state index is 11.8. The Kier molecular flexibility index (Phi) is 7.37. The van der Waals surface area contributed by atoms with E-state index in [0.717, 1.165) is 0 Å². The monoisotopic (exact) mass is 302 g/mol. The molecule has 1 rings (SSSR count). The number of carbonyl (C=O) groups is 2. The Balaban J connectivity index is 2.64. The summed E-state index contributed by atoms with van der Waals surface area (Å²) in [5.41, 5.74) is 0.710. The molecule has 0 fully saturated rings. The topological polar surface area (TPSA) is 99.4 Å². The summed E-state index contributed by atoms with van der Waals surface area (Å²) in [6.07, 6.45) is 2.09. The third-order valence-electron chi connectivity index (χ3n) is 2.79. The van der Waals surface area contributed by atoms with Crippen molar-refractivity contribution in [1.82, 2.24) is 5.32 Å². The van der Waals surface area contributed by atoms with E-state index in [2.05, 4.69) is 5.32 Å². The summed E-state index contributed by atoms with van der Waals surface area (Å²) in [6, 6.07) is 7.77. The molecular weight excluding hydrogens is 284 g/mol. The summed E-state index contributed by atoms with van der Waals surface area (Å²) in [6.45, 7) is 3.50. The number of amides is 1. The molecule has 22 heavy (non-hydrogen) atoms. The number of aromatic carboxylic acids is 1. The Morgan fingerprint density at radius 2 is 2.05 bits per heavy atom. The molecular formula is C16H18N2O4. The van der Waals surface area contributed by atoms with Crippen molar-refractivity contribution in [3.63, 3.8) is 0 Å². The minimum Gasteiger partial charge on any atom is -0.478 e. The van der Waals surface area contributed by atoms with E-state index in [1.807, 2.05) is 13.0 Å². The first kappa shape index (κ1) is 17.4. The van der Waals surface area contributed by atoms with Crippen LogP contribution in [0.5, 0.6) is 0 Å². The zero-order valence-corrected chi connectivity index (χ0v) is 12.3. The van der Waals surface area contributed by atoms with Gasteiger partial charge in [-0.1, -0.05) is 12.1 Å². The smallest absolute Gasteiger partial charge is 0.335 e. The average Bonchev–Trinajstić information content (AvgIpc) is 2.52. The number of hydrogen-bond donors (Lipinski definition) is 2. The van der Waals surface area contributed by atoms with Crippen LogP contribution in [0.4, 0.5) is 0 Å². The fraction of sp³-hybridized carbons (Fsp3) is 0.312. The van der Waals surface area contributed by atoms with Crippen molar-refractivity contribution in [2.75, 3.05) is 19.8 Å². The average molecular weight is 302 g/mol. The highest BCUT2D eigenvalue weighted by Crippen LogP contribution is 2.09. The summed E-state index contributed by atoms with van der Waals surface area (Å²) in [4.78, 5) is 22.6. The lowest BCUT2D eigenvalue weighted by Crippen LogP contribution is -2.26. The van der Waals surface area contributed by atoms with Crippen LogP contribution in [-0.4, -0.2) is 36.7 Å². The molecule has 6 heteroatoms. The zero-order valence-electron chi connectivity index (χ0n) is 12.3. The van der Waals surface area contributed by atoms with Gasteiger partial charge in [0.2, 0.25) is 0 Å². The van der Waals surface area contributed by atoms with E-state index in [-0.39, 0.29) is 11.1 Å². The van der Waals surface area contributed by atoms with Gasteiger partial charge < -0.3 is 15.2 Å². The molecule has 0 aliphatic heterocycles. The zero-order chi connectivity index (χ0) is 16.4. The molecule has 6 nitrogen and oxygen atoms in total. The van der Waals surface area contributed by atoms with E-state index < -0.39 is 11.9 Å². The van der Waals surface area contributed by atoms with Crippen LogP contribution in [0.25, 0.3) is 6.08 Å². The summed E-state index contributed by atoms with van der Waals surface area (Å²) in [7, 11) is 0. The van der Waals surface area contributed by atoms with Gasteiger partial charge in [-0.25, -0.2) is 4.79 Å². The first-order valence-corrected chi connectivity index (χ1v) is 6.89. The lowest BCUT2D eigenvalue weighted by molar-refractivity contribution is -0.117. The SMILES string of the molecule is CCOCCCNC(=O)/C(C#N)=C/c1ccc(C(=O)O)cc1. The molecule has 0 aliphatic carbocycles. The third kappa shape index (κ3) is 5.77. The second-order valence-electron chi connectivity index (χ2n) is 4.40. The van der Waals surface area contributed by atoms with Gasteiger partial charge in [0.25, 0.3) is 5.91 Å². The molecule has 0 aliphatic rings. The van der Waals surface area contributed by atoms with Crippen molar-refractivity contribution in [3.8, 4) is 6.07 Å². The van der Waals surface area contributed by atoms with E-state index in [4.69, 9.17) is 15.1 Å². The Bertz CT molecular complexity index is 585. The number of benzene rings is 1. The number of carboxylic acids is 1. The van der Waals surface area contributed by atoms with Gasteiger partial charge in [-0.3, -0.25) is 4.79 Å². The molecule has 0 saturated heterocycles. The predicted octanol–water partition coefficient (Wildman–Crippen LogP) is 1.83. The number of rotatable bonds is 8. The molecule has 2 N–H and O–H groups in total. The third-order valence-corrected chi connectivity index (χ3v) is 2.79. The van der Waals surface area contributed by atoms with Gasteiger partial charge in [0.05, 0.1) is 5.56 Å². The van der Waals surface area contributed by atoms with Crippen LogP contribution < -0.4 is 5.32 Å². The maximum atomic E-state index is 11.8. The Labute approximate surface area is 129 Å².